The van der Waals surface area contributed by atoms with Gasteiger partial charge in [0.1, 0.15) is 0 Å². The Balaban J connectivity index is 1.76. The van der Waals surface area contributed by atoms with Crippen molar-refractivity contribution in [3.8, 4) is 11.5 Å². The van der Waals surface area contributed by atoms with E-state index in [4.69, 9.17) is 9.47 Å². The lowest BCUT2D eigenvalue weighted by Crippen LogP contribution is -2.24. The van der Waals surface area contributed by atoms with Crippen molar-refractivity contribution in [2.45, 2.75) is 26.1 Å². The summed E-state index contributed by atoms with van der Waals surface area (Å²) in [5.41, 5.74) is -0.122. The Morgan fingerprint density at radius 3 is 2.19 bits per heavy atom. The molecule has 1 N–H and O–H groups in total. The standard InChI is InChI=1S/C19H20F3NO3/c1-2-25-16-5-3-4-6-17(16)26-12-11-18(24)23-13-14-7-9-15(10-8-14)19(20,21)22/h3-10H,2,11-13H2,1H3,(H,23,24). The largest absolute Gasteiger partial charge is 0.490 e. The molecule has 0 saturated carbocycles. The zero-order valence-corrected chi connectivity index (χ0v) is 14.3. The van der Waals surface area contributed by atoms with E-state index in [9.17, 15) is 18.0 Å². The number of para-hydroxylation sites is 2. The molecule has 0 saturated heterocycles. The monoisotopic (exact) mass is 367 g/mol. The molecule has 2 aromatic rings. The lowest BCUT2D eigenvalue weighted by molar-refractivity contribution is -0.137. The fraction of sp³-hybridized carbons (Fsp3) is 0.316. The van der Waals surface area contributed by atoms with E-state index in [1.807, 2.05) is 19.1 Å². The summed E-state index contributed by atoms with van der Waals surface area (Å²) in [4.78, 5) is 11.8. The molecule has 0 fully saturated rings. The van der Waals surface area contributed by atoms with Crippen molar-refractivity contribution in [1.29, 1.82) is 0 Å². The highest BCUT2D eigenvalue weighted by atomic mass is 19.4. The number of hydrogen-bond donors (Lipinski definition) is 1. The van der Waals surface area contributed by atoms with Crippen LogP contribution in [0, 0.1) is 0 Å². The molecule has 4 nitrogen and oxygen atoms in total. The fourth-order valence-electron chi connectivity index (χ4n) is 2.20. The van der Waals surface area contributed by atoms with Crippen LogP contribution < -0.4 is 14.8 Å². The van der Waals surface area contributed by atoms with Crippen LogP contribution in [-0.2, 0) is 17.5 Å². The van der Waals surface area contributed by atoms with Crippen LogP contribution in [0.25, 0.3) is 0 Å². The Kier molecular flexibility index (Phi) is 6.89. The van der Waals surface area contributed by atoms with Crippen LogP contribution in [0.2, 0.25) is 0 Å². The molecule has 7 heteroatoms. The quantitative estimate of drug-likeness (QED) is 0.761. The first kappa shape index (κ1) is 19.6. The summed E-state index contributed by atoms with van der Waals surface area (Å²) in [6, 6.07) is 11.9. The summed E-state index contributed by atoms with van der Waals surface area (Å²) in [5, 5.41) is 2.65. The second-order valence-corrected chi connectivity index (χ2v) is 5.45. The van der Waals surface area contributed by atoms with E-state index in [-0.39, 0.29) is 25.5 Å². The van der Waals surface area contributed by atoms with Crippen LogP contribution in [0.1, 0.15) is 24.5 Å². The molecule has 0 spiro atoms. The predicted octanol–water partition coefficient (Wildman–Crippen LogP) is 4.19. The number of rotatable bonds is 8. The first-order valence-electron chi connectivity index (χ1n) is 8.17. The molecule has 2 rings (SSSR count). The van der Waals surface area contributed by atoms with Crippen molar-refractivity contribution >= 4 is 5.91 Å². The Morgan fingerprint density at radius 1 is 1.00 bits per heavy atom. The van der Waals surface area contributed by atoms with Crippen LogP contribution in [0.5, 0.6) is 11.5 Å². The number of benzene rings is 2. The Morgan fingerprint density at radius 2 is 1.62 bits per heavy atom. The maximum atomic E-state index is 12.5. The molecule has 0 aliphatic rings. The Bertz CT molecular complexity index is 715. The van der Waals surface area contributed by atoms with Crippen molar-refractivity contribution in [2.75, 3.05) is 13.2 Å². The zero-order chi connectivity index (χ0) is 19.0. The highest BCUT2D eigenvalue weighted by molar-refractivity contribution is 5.76. The van der Waals surface area contributed by atoms with Crippen molar-refractivity contribution in [1.82, 2.24) is 5.32 Å². The van der Waals surface area contributed by atoms with E-state index < -0.39 is 11.7 Å². The van der Waals surface area contributed by atoms with E-state index in [0.717, 1.165) is 12.1 Å². The number of amides is 1. The molecule has 0 aromatic heterocycles. The maximum absolute atomic E-state index is 12.5. The van der Waals surface area contributed by atoms with Crippen molar-refractivity contribution in [2.24, 2.45) is 0 Å². The number of nitrogens with one attached hydrogen (secondary N) is 1. The molecule has 1 amide bonds. The highest BCUT2D eigenvalue weighted by Crippen LogP contribution is 2.29. The predicted molar refractivity (Wildman–Crippen MR) is 91.0 cm³/mol. The van der Waals surface area contributed by atoms with Crippen LogP contribution >= 0.6 is 0 Å². The van der Waals surface area contributed by atoms with Crippen molar-refractivity contribution in [3.63, 3.8) is 0 Å². The number of ether oxygens (including phenoxy) is 2. The molecule has 0 radical (unpaired) electrons. The van der Waals surface area contributed by atoms with Gasteiger partial charge in [0, 0.05) is 6.54 Å². The molecule has 0 heterocycles. The number of alkyl halides is 3. The van der Waals surface area contributed by atoms with Gasteiger partial charge in [0.25, 0.3) is 0 Å². The third-order valence-corrected chi connectivity index (χ3v) is 3.51. The van der Waals surface area contributed by atoms with Gasteiger partial charge in [0.2, 0.25) is 5.91 Å². The second-order valence-electron chi connectivity index (χ2n) is 5.45. The number of hydrogen-bond acceptors (Lipinski definition) is 3. The van der Waals surface area contributed by atoms with E-state index in [0.29, 0.717) is 23.7 Å². The first-order chi connectivity index (χ1) is 12.4. The van der Waals surface area contributed by atoms with Gasteiger partial charge in [0.05, 0.1) is 25.2 Å². The number of halogens is 3. The lowest BCUT2D eigenvalue weighted by Gasteiger charge is -2.12. The van der Waals surface area contributed by atoms with Crippen LogP contribution in [-0.4, -0.2) is 19.1 Å². The Hall–Kier alpha value is -2.70. The minimum Gasteiger partial charge on any atom is -0.490 e. The molecule has 0 bridgehead atoms. The number of carbonyl (C=O) groups excluding carboxylic acids is 1. The van der Waals surface area contributed by atoms with Crippen LogP contribution in [0.4, 0.5) is 13.2 Å². The lowest BCUT2D eigenvalue weighted by atomic mass is 10.1. The number of carbonyl (C=O) groups is 1. The summed E-state index contributed by atoms with van der Waals surface area (Å²) in [5.74, 6) is 0.920. The van der Waals surface area contributed by atoms with Gasteiger partial charge in [-0.15, -0.1) is 0 Å². The smallest absolute Gasteiger partial charge is 0.416 e. The molecule has 0 aliphatic heterocycles. The van der Waals surface area contributed by atoms with Gasteiger partial charge >= 0.3 is 6.18 Å². The summed E-state index contributed by atoms with van der Waals surface area (Å²) in [6.07, 6.45) is -4.24. The first-order valence-corrected chi connectivity index (χ1v) is 8.17. The van der Waals surface area contributed by atoms with Gasteiger partial charge in [-0.25, -0.2) is 0 Å². The van der Waals surface area contributed by atoms with E-state index in [2.05, 4.69) is 5.32 Å². The highest BCUT2D eigenvalue weighted by Gasteiger charge is 2.29. The maximum Gasteiger partial charge on any atom is 0.416 e. The summed E-state index contributed by atoms with van der Waals surface area (Å²) >= 11 is 0. The third-order valence-electron chi connectivity index (χ3n) is 3.51. The molecule has 140 valence electrons. The molecule has 26 heavy (non-hydrogen) atoms. The van der Waals surface area contributed by atoms with Crippen molar-refractivity contribution in [3.05, 3.63) is 59.7 Å². The fourth-order valence-corrected chi connectivity index (χ4v) is 2.20. The van der Waals surface area contributed by atoms with Gasteiger partial charge in [-0.2, -0.15) is 13.2 Å². The normalized spacial score (nSPS) is 11.1. The van der Waals surface area contributed by atoms with Crippen LogP contribution in [0.15, 0.2) is 48.5 Å². The molecular formula is C19H20F3NO3. The summed E-state index contributed by atoms with van der Waals surface area (Å²) in [7, 11) is 0. The van der Waals surface area contributed by atoms with E-state index >= 15 is 0 Å². The molecular weight excluding hydrogens is 347 g/mol. The molecule has 2 aromatic carbocycles. The average Bonchev–Trinajstić information content (AvgIpc) is 2.61. The average molecular weight is 367 g/mol. The zero-order valence-electron chi connectivity index (χ0n) is 14.3. The SMILES string of the molecule is CCOc1ccccc1OCCC(=O)NCc1ccc(C(F)(F)F)cc1. The molecule has 0 atom stereocenters. The summed E-state index contributed by atoms with van der Waals surface area (Å²) in [6.45, 7) is 2.70. The second kappa shape index (κ2) is 9.12. The molecule has 0 aliphatic carbocycles. The van der Waals surface area contributed by atoms with Gasteiger partial charge in [0.15, 0.2) is 11.5 Å². The topological polar surface area (TPSA) is 47.6 Å². The van der Waals surface area contributed by atoms with E-state index in [1.165, 1.54) is 12.1 Å². The van der Waals surface area contributed by atoms with Gasteiger partial charge in [-0.05, 0) is 36.8 Å². The van der Waals surface area contributed by atoms with Crippen LogP contribution in [0.3, 0.4) is 0 Å². The van der Waals surface area contributed by atoms with Gasteiger partial charge in [-0.1, -0.05) is 24.3 Å². The molecule has 0 unspecified atom stereocenters. The van der Waals surface area contributed by atoms with E-state index in [1.54, 1.807) is 12.1 Å². The third kappa shape index (κ3) is 5.98. The summed E-state index contributed by atoms with van der Waals surface area (Å²) < 4.78 is 48.5. The Labute approximate surface area is 149 Å². The van der Waals surface area contributed by atoms with Gasteiger partial charge < -0.3 is 14.8 Å². The minimum atomic E-state index is -4.36. The van der Waals surface area contributed by atoms with Crippen molar-refractivity contribution < 1.29 is 27.4 Å². The van der Waals surface area contributed by atoms with Gasteiger partial charge in [-0.3, -0.25) is 4.79 Å². The minimum absolute atomic E-state index is 0.126.